The van der Waals surface area contributed by atoms with E-state index in [4.69, 9.17) is 4.74 Å². The van der Waals surface area contributed by atoms with Crippen molar-refractivity contribution in [3.63, 3.8) is 0 Å². The first-order chi connectivity index (χ1) is 9.26. The van der Waals surface area contributed by atoms with Crippen LogP contribution in [0.4, 0.5) is 4.79 Å². The Labute approximate surface area is 120 Å². The zero-order chi connectivity index (χ0) is 15.2. The third kappa shape index (κ3) is 6.99. The Morgan fingerprint density at radius 2 is 1.90 bits per heavy atom. The summed E-state index contributed by atoms with van der Waals surface area (Å²) in [6, 6.07) is 6.99. The fourth-order valence-corrected chi connectivity index (χ4v) is 1.61. The van der Waals surface area contributed by atoms with Crippen LogP contribution in [0.2, 0.25) is 0 Å². The second-order valence-corrected chi connectivity index (χ2v) is 5.84. The summed E-state index contributed by atoms with van der Waals surface area (Å²) < 4.78 is 5.18. The molecule has 3 N–H and O–H groups in total. The fourth-order valence-electron chi connectivity index (χ4n) is 1.61. The highest BCUT2D eigenvalue weighted by atomic mass is 16.6. The molecule has 1 rings (SSSR count). The van der Waals surface area contributed by atoms with Crippen molar-refractivity contribution in [3.8, 4) is 5.75 Å². The van der Waals surface area contributed by atoms with Gasteiger partial charge in [-0.1, -0.05) is 12.1 Å². The van der Waals surface area contributed by atoms with Crippen LogP contribution in [0.3, 0.4) is 0 Å². The molecule has 20 heavy (non-hydrogen) atoms. The molecule has 0 aliphatic rings. The molecule has 0 aromatic heterocycles. The second kappa shape index (κ2) is 7.14. The summed E-state index contributed by atoms with van der Waals surface area (Å²) in [5.74, 6) is 0.258. The van der Waals surface area contributed by atoms with Crippen molar-refractivity contribution in [3.05, 3.63) is 29.8 Å². The molecule has 1 amide bonds. The molecular formula is C15H24N2O3. The number of hydrogen-bond donors (Lipinski definition) is 3. The number of carbonyl (C=O) groups is 1. The number of hydrogen-bond acceptors (Lipinski definition) is 4. The topological polar surface area (TPSA) is 70.6 Å². The van der Waals surface area contributed by atoms with Gasteiger partial charge in [0.1, 0.15) is 11.4 Å². The van der Waals surface area contributed by atoms with Crippen molar-refractivity contribution in [2.24, 2.45) is 0 Å². The Morgan fingerprint density at radius 3 is 2.45 bits per heavy atom. The normalized spacial score (nSPS) is 12.8. The minimum atomic E-state index is -0.483. The van der Waals surface area contributed by atoms with Crippen molar-refractivity contribution < 1.29 is 14.6 Å². The maximum atomic E-state index is 11.6. The lowest BCUT2D eigenvalue weighted by atomic mass is 10.2. The predicted molar refractivity (Wildman–Crippen MR) is 78.6 cm³/mol. The molecule has 5 heteroatoms. The van der Waals surface area contributed by atoms with Crippen molar-refractivity contribution in [1.82, 2.24) is 10.6 Å². The molecule has 0 bridgehead atoms. The van der Waals surface area contributed by atoms with E-state index in [1.54, 1.807) is 12.1 Å². The van der Waals surface area contributed by atoms with Gasteiger partial charge in [0.2, 0.25) is 0 Å². The lowest BCUT2D eigenvalue weighted by molar-refractivity contribution is 0.0508. The van der Waals surface area contributed by atoms with E-state index in [9.17, 15) is 9.90 Å². The van der Waals surface area contributed by atoms with Gasteiger partial charge in [-0.15, -0.1) is 0 Å². The van der Waals surface area contributed by atoms with E-state index in [2.05, 4.69) is 10.6 Å². The Hall–Kier alpha value is -1.75. The molecule has 0 aliphatic carbocycles. The zero-order valence-electron chi connectivity index (χ0n) is 12.6. The van der Waals surface area contributed by atoms with Crippen LogP contribution in [0.15, 0.2) is 24.3 Å². The SMILES string of the molecule is CC(CNCc1ccc(O)cc1)NC(=O)OC(C)(C)C. The van der Waals surface area contributed by atoms with Gasteiger partial charge >= 0.3 is 6.09 Å². The Morgan fingerprint density at radius 1 is 1.30 bits per heavy atom. The van der Waals surface area contributed by atoms with Crippen LogP contribution >= 0.6 is 0 Å². The summed E-state index contributed by atoms with van der Waals surface area (Å²) in [4.78, 5) is 11.6. The average molecular weight is 280 g/mol. The van der Waals surface area contributed by atoms with Crippen LogP contribution < -0.4 is 10.6 Å². The van der Waals surface area contributed by atoms with Gasteiger partial charge in [-0.05, 0) is 45.4 Å². The number of alkyl carbamates (subject to hydrolysis) is 1. The minimum Gasteiger partial charge on any atom is -0.508 e. The lowest BCUT2D eigenvalue weighted by Crippen LogP contribution is -2.42. The third-order valence-corrected chi connectivity index (χ3v) is 2.48. The largest absolute Gasteiger partial charge is 0.508 e. The van der Waals surface area contributed by atoms with Crippen LogP contribution in [0.25, 0.3) is 0 Å². The number of phenols is 1. The third-order valence-electron chi connectivity index (χ3n) is 2.48. The molecule has 0 radical (unpaired) electrons. The molecule has 1 aromatic rings. The number of rotatable bonds is 5. The quantitative estimate of drug-likeness (QED) is 0.774. The molecule has 112 valence electrons. The summed E-state index contributed by atoms with van der Waals surface area (Å²) in [7, 11) is 0. The fraction of sp³-hybridized carbons (Fsp3) is 0.533. The number of benzene rings is 1. The number of phenolic OH excluding ortho intramolecular Hbond substituents is 1. The second-order valence-electron chi connectivity index (χ2n) is 5.84. The molecule has 0 fully saturated rings. The van der Waals surface area contributed by atoms with Crippen LogP contribution in [0, 0.1) is 0 Å². The Balaban J connectivity index is 2.24. The maximum Gasteiger partial charge on any atom is 0.407 e. The van der Waals surface area contributed by atoms with Crippen molar-refractivity contribution >= 4 is 6.09 Å². The van der Waals surface area contributed by atoms with Crippen LogP contribution in [-0.4, -0.2) is 29.4 Å². The highest BCUT2D eigenvalue weighted by Gasteiger charge is 2.17. The minimum absolute atomic E-state index is 0.0260. The number of ether oxygens (including phenoxy) is 1. The van der Waals surface area contributed by atoms with Gasteiger partial charge in [0.05, 0.1) is 0 Å². The molecule has 0 saturated carbocycles. The van der Waals surface area contributed by atoms with Gasteiger partial charge in [0.15, 0.2) is 0 Å². The molecule has 1 atom stereocenters. The summed E-state index contributed by atoms with van der Waals surface area (Å²) in [5, 5.41) is 15.2. The van der Waals surface area contributed by atoms with Gasteiger partial charge in [0, 0.05) is 19.1 Å². The van der Waals surface area contributed by atoms with Crippen LogP contribution in [0.1, 0.15) is 33.3 Å². The van der Waals surface area contributed by atoms with Gasteiger partial charge in [-0.25, -0.2) is 4.79 Å². The molecule has 0 heterocycles. The number of aromatic hydroxyl groups is 1. The summed E-state index contributed by atoms with van der Waals surface area (Å²) in [6.07, 6.45) is -0.406. The highest BCUT2D eigenvalue weighted by Crippen LogP contribution is 2.09. The zero-order valence-corrected chi connectivity index (χ0v) is 12.6. The maximum absolute atomic E-state index is 11.6. The first-order valence-electron chi connectivity index (χ1n) is 6.74. The van der Waals surface area contributed by atoms with E-state index in [0.717, 1.165) is 5.56 Å². The van der Waals surface area contributed by atoms with E-state index >= 15 is 0 Å². The molecule has 0 aliphatic heterocycles. The number of amides is 1. The van der Waals surface area contributed by atoms with E-state index in [1.165, 1.54) is 0 Å². The standard InChI is InChI=1S/C15H24N2O3/c1-11(17-14(19)20-15(2,3)4)9-16-10-12-5-7-13(18)8-6-12/h5-8,11,16,18H,9-10H2,1-4H3,(H,17,19). The molecule has 1 unspecified atom stereocenters. The predicted octanol–water partition coefficient (Wildman–Crippen LogP) is 2.40. The van der Waals surface area contributed by atoms with Crippen LogP contribution in [-0.2, 0) is 11.3 Å². The van der Waals surface area contributed by atoms with E-state index in [1.807, 2.05) is 39.8 Å². The highest BCUT2D eigenvalue weighted by molar-refractivity contribution is 5.68. The van der Waals surface area contributed by atoms with E-state index < -0.39 is 11.7 Å². The smallest absolute Gasteiger partial charge is 0.407 e. The molecular weight excluding hydrogens is 256 g/mol. The summed E-state index contributed by atoms with van der Waals surface area (Å²) >= 11 is 0. The monoisotopic (exact) mass is 280 g/mol. The average Bonchev–Trinajstić information content (AvgIpc) is 2.29. The van der Waals surface area contributed by atoms with E-state index in [0.29, 0.717) is 13.1 Å². The molecule has 1 aromatic carbocycles. The van der Waals surface area contributed by atoms with Gasteiger partial charge < -0.3 is 20.5 Å². The first-order valence-corrected chi connectivity index (χ1v) is 6.74. The van der Waals surface area contributed by atoms with Gasteiger partial charge in [0.25, 0.3) is 0 Å². The Kier molecular flexibility index (Phi) is 5.82. The van der Waals surface area contributed by atoms with Gasteiger partial charge in [-0.3, -0.25) is 0 Å². The Bertz CT molecular complexity index is 424. The van der Waals surface area contributed by atoms with Crippen molar-refractivity contribution in [2.45, 2.75) is 45.9 Å². The number of carbonyl (C=O) groups excluding carboxylic acids is 1. The summed E-state index contributed by atoms with van der Waals surface area (Å²) in [5.41, 5.74) is 0.593. The first kappa shape index (κ1) is 16.3. The lowest BCUT2D eigenvalue weighted by Gasteiger charge is -2.22. The number of nitrogens with one attached hydrogen (secondary N) is 2. The van der Waals surface area contributed by atoms with E-state index in [-0.39, 0.29) is 11.8 Å². The summed E-state index contributed by atoms with van der Waals surface area (Å²) in [6.45, 7) is 8.73. The molecule has 0 spiro atoms. The van der Waals surface area contributed by atoms with Crippen molar-refractivity contribution in [2.75, 3.05) is 6.54 Å². The van der Waals surface area contributed by atoms with Crippen LogP contribution in [0.5, 0.6) is 5.75 Å². The molecule has 0 saturated heterocycles. The van der Waals surface area contributed by atoms with Crippen molar-refractivity contribution in [1.29, 1.82) is 0 Å². The van der Waals surface area contributed by atoms with Gasteiger partial charge in [-0.2, -0.15) is 0 Å². The molecule has 5 nitrogen and oxygen atoms in total.